The first kappa shape index (κ1) is 10.5. The lowest BCUT2D eigenvalue weighted by atomic mass is 9.76. The molecule has 0 heterocycles. The van der Waals surface area contributed by atoms with E-state index in [2.05, 4.69) is 6.07 Å². The van der Waals surface area contributed by atoms with Crippen molar-refractivity contribution in [2.75, 3.05) is 0 Å². The average Bonchev–Trinajstić information content (AvgIpc) is 2.22. The molecule has 0 fully saturated rings. The van der Waals surface area contributed by atoms with Crippen LogP contribution in [0.2, 0.25) is 0 Å². The number of hydrogen-bond donors (Lipinski definition) is 0. The number of ketones is 1. The van der Waals surface area contributed by atoms with E-state index in [1.165, 1.54) is 6.92 Å². The smallest absolute Gasteiger partial charge is 0.154 e. The molecular weight excluding hydrogens is 174 g/mol. The Labute approximate surface area is 84.2 Å². The fraction of sp³-hybridized carbons (Fsp3) is 0.333. The topological polar surface area (TPSA) is 40.9 Å². The molecule has 0 N–H and O–H groups in total. The third-order valence-electron chi connectivity index (χ3n) is 2.59. The molecule has 1 rings (SSSR count). The molecule has 0 spiro atoms. The molecule has 1 aromatic rings. The number of nitriles is 1. The molecule has 0 amide bonds. The van der Waals surface area contributed by atoms with Crippen LogP contribution in [0.5, 0.6) is 0 Å². The molecular formula is C12H13NO. The monoisotopic (exact) mass is 187 g/mol. The lowest BCUT2D eigenvalue weighted by Gasteiger charge is -2.21. The van der Waals surface area contributed by atoms with E-state index in [1.54, 1.807) is 0 Å². The van der Waals surface area contributed by atoms with Crippen LogP contribution in [-0.2, 0) is 10.2 Å². The molecule has 1 aromatic carbocycles. The van der Waals surface area contributed by atoms with E-state index in [-0.39, 0.29) is 5.78 Å². The summed E-state index contributed by atoms with van der Waals surface area (Å²) >= 11 is 0. The standard InChI is InChI=1S/C12H13NO/c1-3-12(9-13,10(2)14)11-7-5-4-6-8-11/h4-8H,3H2,1-2H3. The molecule has 0 aliphatic heterocycles. The molecule has 0 aliphatic carbocycles. The molecule has 2 nitrogen and oxygen atoms in total. The fourth-order valence-corrected chi connectivity index (χ4v) is 1.60. The van der Waals surface area contributed by atoms with E-state index < -0.39 is 5.41 Å². The van der Waals surface area contributed by atoms with Crippen molar-refractivity contribution in [3.8, 4) is 6.07 Å². The van der Waals surface area contributed by atoms with Crippen molar-refractivity contribution < 1.29 is 4.79 Å². The van der Waals surface area contributed by atoms with Gasteiger partial charge in [0, 0.05) is 0 Å². The van der Waals surface area contributed by atoms with Crippen LogP contribution in [0.1, 0.15) is 25.8 Å². The van der Waals surface area contributed by atoms with E-state index in [4.69, 9.17) is 5.26 Å². The second-order valence-corrected chi connectivity index (χ2v) is 3.29. The van der Waals surface area contributed by atoms with E-state index in [0.717, 1.165) is 5.56 Å². The zero-order chi connectivity index (χ0) is 10.6. The van der Waals surface area contributed by atoms with Gasteiger partial charge in [-0.05, 0) is 18.9 Å². The summed E-state index contributed by atoms with van der Waals surface area (Å²) in [5, 5.41) is 9.13. The van der Waals surface area contributed by atoms with Crippen LogP contribution in [-0.4, -0.2) is 5.78 Å². The third-order valence-corrected chi connectivity index (χ3v) is 2.59. The van der Waals surface area contributed by atoms with E-state index in [0.29, 0.717) is 6.42 Å². The van der Waals surface area contributed by atoms with Gasteiger partial charge in [-0.25, -0.2) is 0 Å². The Morgan fingerprint density at radius 1 is 1.43 bits per heavy atom. The maximum atomic E-state index is 11.5. The molecule has 0 aliphatic rings. The van der Waals surface area contributed by atoms with Gasteiger partial charge in [0.05, 0.1) is 6.07 Å². The Hall–Kier alpha value is -1.62. The lowest BCUT2D eigenvalue weighted by Crippen LogP contribution is -2.31. The zero-order valence-electron chi connectivity index (χ0n) is 8.45. The average molecular weight is 187 g/mol. The Bertz CT molecular complexity index is 364. The lowest BCUT2D eigenvalue weighted by molar-refractivity contribution is -0.120. The zero-order valence-corrected chi connectivity index (χ0v) is 8.45. The number of Topliss-reactive ketones (excluding diaryl/α,β-unsaturated/α-hetero) is 1. The SMILES string of the molecule is CCC(C#N)(C(C)=O)c1ccccc1. The molecule has 0 radical (unpaired) electrons. The predicted molar refractivity (Wildman–Crippen MR) is 54.7 cm³/mol. The number of hydrogen-bond acceptors (Lipinski definition) is 2. The minimum atomic E-state index is -0.957. The molecule has 0 saturated carbocycles. The first-order valence-corrected chi connectivity index (χ1v) is 4.65. The third kappa shape index (κ3) is 1.54. The Morgan fingerprint density at radius 3 is 2.36 bits per heavy atom. The predicted octanol–water partition coefficient (Wildman–Crippen LogP) is 2.45. The number of carbonyl (C=O) groups excluding carboxylic acids is 1. The summed E-state index contributed by atoms with van der Waals surface area (Å²) in [6, 6.07) is 11.4. The second-order valence-electron chi connectivity index (χ2n) is 3.29. The van der Waals surface area contributed by atoms with Gasteiger partial charge in [-0.3, -0.25) is 4.79 Å². The summed E-state index contributed by atoms with van der Waals surface area (Å²) in [4.78, 5) is 11.5. The van der Waals surface area contributed by atoms with Gasteiger partial charge in [0.2, 0.25) is 0 Å². The maximum absolute atomic E-state index is 11.5. The first-order chi connectivity index (χ1) is 6.67. The van der Waals surface area contributed by atoms with Crippen molar-refractivity contribution in [1.82, 2.24) is 0 Å². The summed E-state index contributed by atoms with van der Waals surface area (Å²) in [7, 11) is 0. The van der Waals surface area contributed by atoms with Crippen molar-refractivity contribution in [3.63, 3.8) is 0 Å². The first-order valence-electron chi connectivity index (χ1n) is 4.65. The fourth-order valence-electron chi connectivity index (χ4n) is 1.60. The molecule has 72 valence electrons. The van der Waals surface area contributed by atoms with Gasteiger partial charge in [-0.2, -0.15) is 5.26 Å². The van der Waals surface area contributed by atoms with Gasteiger partial charge in [-0.1, -0.05) is 37.3 Å². The highest BCUT2D eigenvalue weighted by molar-refractivity contribution is 5.91. The van der Waals surface area contributed by atoms with Crippen LogP contribution < -0.4 is 0 Å². The Morgan fingerprint density at radius 2 is 2.00 bits per heavy atom. The van der Waals surface area contributed by atoms with Crippen LogP contribution in [0.25, 0.3) is 0 Å². The summed E-state index contributed by atoms with van der Waals surface area (Å²) in [5.74, 6) is -0.0892. The maximum Gasteiger partial charge on any atom is 0.154 e. The molecule has 14 heavy (non-hydrogen) atoms. The van der Waals surface area contributed by atoms with Crippen LogP contribution in [0.3, 0.4) is 0 Å². The molecule has 2 heteroatoms. The van der Waals surface area contributed by atoms with Crippen molar-refractivity contribution in [2.45, 2.75) is 25.7 Å². The highest BCUT2D eigenvalue weighted by Crippen LogP contribution is 2.27. The van der Waals surface area contributed by atoms with Crippen LogP contribution in [0.4, 0.5) is 0 Å². The van der Waals surface area contributed by atoms with Crippen LogP contribution in [0.15, 0.2) is 30.3 Å². The normalized spacial score (nSPS) is 14.1. The Balaban J connectivity index is 3.27. The highest BCUT2D eigenvalue weighted by Gasteiger charge is 2.35. The summed E-state index contributed by atoms with van der Waals surface area (Å²) in [5.41, 5.74) is -0.168. The van der Waals surface area contributed by atoms with Gasteiger partial charge in [0.1, 0.15) is 5.41 Å². The van der Waals surface area contributed by atoms with Crippen molar-refractivity contribution in [2.24, 2.45) is 0 Å². The minimum absolute atomic E-state index is 0.0892. The van der Waals surface area contributed by atoms with Gasteiger partial charge in [0.25, 0.3) is 0 Å². The molecule has 0 aromatic heterocycles. The number of benzene rings is 1. The summed E-state index contributed by atoms with van der Waals surface area (Å²) in [6.07, 6.45) is 0.517. The quantitative estimate of drug-likeness (QED) is 0.729. The Kier molecular flexibility index (Phi) is 3.03. The number of rotatable bonds is 3. The highest BCUT2D eigenvalue weighted by atomic mass is 16.1. The summed E-state index contributed by atoms with van der Waals surface area (Å²) < 4.78 is 0. The van der Waals surface area contributed by atoms with Gasteiger partial charge in [-0.15, -0.1) is 0 Å². The van der Waals surface area contributed by atoms with Crippen molar-refractivity contribution in [1.29, 1.82) is 5.26 Å². The van der Waals surface area contributed by atoms with E-state index in [9.17, 15) is 4.79 Å². The van der Waals surface area contributed by atoms with Crippen LogP contribution in [0, 0.1) is 11.3 Å². The summed E-state index contributed by atoms with van der Waals surface area (Å²) in [6.45, 7) is 3.33. The molecule has 1 unspecified atom stereocenters. The van der Waals surface area contributed by atoms with Gasteiger partial charge < -0.3 is 0 Å². The van der Waals surface area contributed by atoms with Gasteiger partial charge in [0.15, 0.2) is 5.78 Å². The van der Waals surface area contributed by atoms with Crippen molar-refractivity contribution >= 4 is 5.78 Å². The minimum Gasteiger partial charge on any atom is -0.298 e. The van der Waals surface area contributed by atoms with E-state index in [1.807, 2.05) is 37.3 Å². The largest absolute Gasteiger partial charge is 0.298 e. The number of nitrogens with zero attached hydrogens (tertiary/aromatic N) is 1. The molecule has 1 atom stereocenters. The molecule has 0 bridgehead atoms. The second kappa shape index (κ2) is 4.06. The molecule has 0 saturated heterocycles. The van der Waals surface area contributed by atoms with Crippen molar-refractivity contribution in [3.05, 3.63) is 35.9 Å². The van der Waals surface area contributed by atoms with Crippen LogP contribution >= 0.6 is 0 Å². The van der Waals surface area contributed by atoms with Gasteiger partial charge >= 0.3 is 0 Å². The number of carbonyl (C=O) groups is 1. The van der Waals surface area contributed by atoms with E-state index >= 15 is 0 Å².